The van der Waals surface area contributed by atoms with E-state index >= 15 is 0 Å². The molecule has 0 aliphatic carbocycles. The molecule has 6 nitrogen and oxygen atoms in total. The van der Waals surface area contributed by atoms with E-state index < -0.39 is 5.60 Å². The zero-order chi connectivity index (χ0) is 17.5. The van der Waals surface area contributed by atoms with Gasteiger partial charge in [-0.05, 0) is 59.4 Å². The Bertz CT molecular complexity index is 606. The van der Waals surface area contributed by atoms with Crippen LogP contribution in [0.4, 0.5) is 10.7 Å². The number of carbonyl (C=O) groups excluding carboxylic acids is 1. The second-order valence-electron chi connectivity index (χ2n) is 8.00. The molecule has 2 saturated heterocycles. The fraction of sp³-hybridized carbons (Fsp3) is 0.722. The first-order valence-electron chi connectivity index (χ1n) is 8.80. The number of nitrogens with zero attached hydrogens (tertiary/aromatic N) is 4. The molecule has 3 rings (SSSR count). The lowest BCUT2D eigenvalue weighted by atomic mass is 9.92. The molecule has 6 heteroatoms. The molecule has 0 saturated carbocycles. The maximum atomic E-state index is 12.4. The molecule has 24 heavy (non-hydrogen) atoms. The van der Waals surface area contributed by atoms with Gasteiger partial charge in [0, 0.05) is 31.0 Å². The van der Waals surface area contributed by atoms with Crippen LogP contribution in [0.3, 0.4) is 0 Å². The molecule has 0 unspecified atom stereocenters. The van der Waals surface area contributed by atoms with E-state index in [0.29, 0.717) is 12.5 Å². The number of likely N-dealkylation sites (tertiary alicyclic amines) is 1. The van der Waals surface area contributed by atoms with Crippen LogP contribution in [0.25, 0.3) is 0 Å². The average molecular weight is 332 g/mol. The number of aromatic nitrogens is 2. The van der Waals surface area contributed by atoms with Crippen molar-refractivity contribution < 1.29 is 9.53 Å². The van der Waals surface area contributed by atoms with E-state index in [4.69, 9.17) is 4.74 Å². The Morgan fingerprint density at radius 3 is 2.50 bits per heavy atom. The highest BCUT2D eigenvalue weighted by atomic mass is 16.6. The van der Waals surface area contributed by atoms with Crippen LogP contribution >= 0.6 is 0 Å². The number of hydrogen-bond donors (Lipinski definition) is 0. The van der Waals surface area contributed by atoms with Crippen LogP contribution in [0.15, 0.2) is 6.07 Å². The Hall–Kier alpha value is -1.85. The number of carbonyl (C=O) groups is 1. The summed E-state index contributed by atoms with van der Waals surface area (Å²) in [5.74, 6) is 1.27. The van der Waals surface area contributed by atoms with Crippen molar-refractivity contribution >= 4 is 12.0 Å². The molecule has 2 fully saturated rings. The van der Waals surface area contributed by atoms with Crippen molar-refractivity contribution in [1.29, 1.82) is 0 Å². The molecule has 2 atom stereocenters. The van der Waals surface area contributed by atoms with Gasteiger partial charge in [0.25, 0.3) is 0 Å². The zero-order valence-electron chi connectivity index (χ0n) is 15.4. The van der Waals surface area contributed by atoms with Gasteiger partial charge in [-0.2, -0.15) is 0 Å². The Labute approximate surface area is 144 Å². The van der Waals surface area contributed by atoms with Crippen LogP contribution in [-0.4, -0.2) is 52.2 Å². The largest absolute Gasteiger partial charge is 0.444 e. The number of amides is 1. The van der Waals surface area contributed by atoms with Gasteiger partial charge in [0.05, 0.1) is 6.04 Å². The van der Waals surface area contributed by atoms with Crippen molar-refractivity contribution in [1.82, 2.24) is 14.9 Å². The van der Waals surface area contributed by atoms with Gasteiger partial charge in [-0.25, -0.2) is 14.8 Å². The average Bonchev–Trinajstić information content (AvgIpc) is 2.88. The summed E-state index contributed by atoms with van der Waals surface area (Å²) in [7, 11) is 0. The van der Waals surface area contributed by atoms with Gasteiger partial charge < -0.3 is 14.5 Å². The summed E-state index contributed by atoms with van der Waals surface area (Å²) < 4.78 is 5.54. The topological polar surface area (TPSA) is 58.6 Å². The predicted molar refractivity (Wildman–Crippen MR) is 93.2 cm³/mol. The Morgan fingerprint density at radius 2 is 1.88 bits per heavy atom. The van der Waals surface area contributed by atoms with Crippen molar-refractivity contribution in [3.05, 3.63) is 17.5 Å². The number of fused-ring (bicyclic) bond motifs is 1. The second kappa shape index (κ2) is 6.22. The van der Waals surface area contributed by atoms with Crippen molar-refractivity contribution in [2.24, 2.45) is 5.92 Å². The van der Waals surface area contributed by atoms with E-state index in [1.165, 1.54) is 0 Å². The Morgan fingerprint density at radius 1 is 1.21 bits per heavy atom. The van der Waals surface area contributed by atoms with E-state index in [1.807, 2.05) is 45.6 Å². The molecule has 1 aromatic rings. The van der Waals surface area contributed by atoms with E-state index in [0.717, 1.165) is 43.3 Å². The summed E-state index contributed by atoms with van der Waals surface area (Å²) in [5.41, 5.74) is 1.52. The first kappa shape index (κ1) is 17.0. The van der Waals surface area contributed by atoms with Crippen molar-refractivity contribution in [3.8, 4) is 0 Å². The lowest BCUT2D eigenvalue weighted by Gasteiger charge is -2.37. The molecule has 0 aromatic carbocycles. The lowest BCUT2D eigenvalue weighted by molar-refractivity contribution is 0.0287. The SMILES string of the molecule is Cc1cc(C)nc(N2CCC[C@@H]3CN(C(=O)OC(C)(C)C)C[C@@H]32)n1. The van der Waals surface area contributed by atoms with Crippen molar-refractivity contribution in [3.63, 3.8) is 0 Å². The predicted octanol–water partition coefficient (Wildman–Crippen LogP) is 2.93. The highest BCUT2D eigenvalue weighted by molar-refractivity contribution is 5.69. The summed E-state index contributed by atoms with van der Waals surface area (Å²) in [5, 5.41) is 0. The van der Waals surface area contributed by atoms with E-state index in [2.05, 4.69) is 14.9 Å². The van der Waals surface area contributed by atoms with E-state index in [1.54, 1.807) is 0 Å². The maximum absolute atomic E-state index is 12.4. The van der Waals surface area contributed by atoms with Crippen molar-refractivity contribution in [2.45, 2.75) is 59.1 Å². The fourth-order valence-corrected chi connectivity index (χ4v) is 3.74. The van der Waals surface area contributed by atoms with Crippen LogP contribution in [0.5, 0.6) is 0 Å². The van der Waals surface area contributed by atoms with Gasteiger partial charge >= 0.3 is 6.09 Å². The van der Waals surface area contributed by atoms with E-state index in [-0.39, 0.29) is 12.1 Å². The molecule has 0 N–H and O–H groups in total. The fourth-order valence-electron chi connectivity index (χ4n) is 3.74. The Balaban J connectivity index is 1.77. The third-order valence-corrected chi connectivity index (χ3v) is 4.66. The first-order valence-corrected chi connectivity index (χ1v) is 8.80. The molecule has 1 aromatic heterocycles. The summed E-state index contributed by atoms with van der Waals surface area (Å²) >= 11 is 0. The van der Waals surface area contributed by atoms with Crippen LogP contribution in [0.2, 0.25) is 0 Å². The molecule has 132 valence electrons. The number of rotatable bonds is 1. The first-order chi connectivity index (χ1) is 11.2. The lowest BCUT2D eigenvalue weighted by Crippen LogP contribution is -2.46. The van der Waals surface area contributed by atoms with Crippen LogP contribution < -0.4 is 4.90 Å². The Kier molecular flexibility index (Phi) is 4.40. The molecule has 0 radical (unpaired) electrons. The summed E-state index contributed by atoms with van der Waals surface area (Å²) in [6.07, 6.45) is 2.04. The third kappa shape index (κ3) is 3.62. The van der Waals surface area contributed by atoms with Crippen molar-refractivity contribution in [2.75, 3.05) is 24.5 Å². The molecular weight excluding hydrogens is 304 g/mol. The minimum absolute atomic E-state index is 0.210. The number of piperidine rings is 1. The highest BCUT2D eigenvalue weighted by Crippen LogP contribution is 2.33. The number of ether oxygens (including phenoxy) is 1. The van der Waals surface area contributed by atoms with Crippen LogP contribution in [0.1, 0.15) is 45.0 Å². The summed E-state index contributed by atoms with van der Waals surface area (Å²) in [6, 6.07) is 2.28. The quantitative estimate of drug-likeness (QED) is 0.791. The summed E-state index contributed by atoms with van der Waals surface area (Å²) in [6.45, 7) is 12.1. The maximum Gasteiger partial charge on any atom is 0.410 e. The van der Waals surface area contributed by atoms with Crippen LogP contribution in [-0.2, 0) is 4.74 Å². The molecule has 0 bridgehead atoms. The molecule has 2 aliphatic heterocycles. The van der Waals surface area contributed by atoms with Gasteiger partial charge in [0.2, 0.25) is 5.95 Å². The zero-order valence-corrected chi connectivity index (χ0v) is 15.4. The second-order valence-corrected chi connectivity index (χ2v) is 8.00. The summed E-state index contributed by atoms with van der Waals surface area (Å²) in [4.78, 5) is 25.8. The smallest absolute Gasteiger partial charge is 0.410 e. The molecule has 1 amide bonds. The van der Waals surface area contributed by atoms with Gasteiger partial charge in [-0.1, -0.05) is 0 Å². The molecule has 0 spiro atoms. The van der Waals surface area contributed by atoms with Gasteiger partial charge in [-0.3, -0.25) is 0 Å². The monoisotopic (exact) mass is 332 g/mol. The van der Waals surface area contributed by atoms with Crippen LogP contribution in [0, 0.1) is 19.8 Å². The standard InChI is InChI=1S/C18H28N4O2/c1-12-9-13(2)20-16(19-12)22-8-6-7-14-10-21(11-15(14)22)17(23)24-18(3,4)5/h9,14-15H,6-8,10-11H2,1-5H3/t14-,15+/m1/s1. The van der Waals surface area contributed by atoms with E-state index in [9.17, 15) is 4.79 Å². The minimum atomic E-state index is -0.457. The number of aryl methyl sites for hydroxylation is 2. The van der Waals surface area contributed by atoms with Gasteiger partial charge in [-0.15, -0.1) is 0 Å². The number of hydrogen-bond acceptors (Lipinski definition) is 5. The van der Waals surface area contributed by atoms with Gasteiger partial charge in [0.15, 0.2) is 0 Å². The third-order valence-electron chi connectivity index (χ3n) is 4.66. The van der Waals surface area contributed by atoms with Gasteiger partial charge in [0.1, 0.15) is 5.60 Å². The normalized spacial score (nSPS) is 24.0. The molecule has 3 heterocycles. The minimum Gasteiger partial charge on any atom is -0.444 e. The molecule has 2 aliphatic rings. The number of anilines is 1. The molecular formula is C18H28N4O2. The highest BCUT2D eigenvalue weighted by Gasteiger charge is 2.42.